The third-order valence-electron chi connectivity index (χ3n) is 3.32. The fraction of sp³-hybridized carbons (Fsp3) is 0.467. The van der Waals surface area contributed by atoms with Crippen LogP contribution >= 0.6 is 27.3 Å². The molecule has 0 saturated heterocycles. The van der Waals surface area contributed by atoms with Gasteiger partial charge >= 0.3 is 0 Å². The summed E-state index contributed by atoms with van der Waals surface area (Å²) < 4.78 is 1.01. The van der Waals surface area contributed by atoms with Crippen LogP contribution in [0.1, 0.15) is 43.2 Å². The van der Waals surface area contributed by atoms with Gasteiger partial charge in [-0.25, -0.2) is 4.98 Å². The van der Waals surface area contributed by atoms with Gasteiger partial charge in [-0.15, -0.1) is 11.3 Å². The Morgan fingerprint density at radius 1 is 1.45 bits per heavy atom. The highest BCUT2D eigenvalue weighted by molar-refractivity contribution is 9.10. The molecule has 2 heterocycles. The van der Waals surface area contributed by atoms with Crippen LogP contribution in [0.25, 0.3) is 10.7 Å². The first-order chi connectivity index (χ1) is 9.65. The maximum atomic E-state index is 4.87. The largest absolute Gasteiger partial charge is 0.310 e. The Kier molecular flexibility index (Phi) is 4.19. The standard InChI is InChI=1S/C15H18BrN3S/c1-9(2)18-8-12-13(10-5-6-10)19-15(20-12)14-11(16)4-3-7-17-14/h3-4,7,9-10,18H,5-6,8H2,1-2H3. The van der Waals surface area contributed by atoms with Crippen molar-refractivity contribution in [2.24, 2.45) is 0 Å². The van der Waals surface area contributed by atoms with Gasteiger partial charge in [0.05, 0.1) is 5.69 Å². The molecule has 0 aromatic carbocycles. The van der Waals surface area contributed by atoms with Crippen LogP contribution in [-0.4, -0.2) is 16.0 Å². The number of hydrogen-bond donors (Lipinski definition) is 1. The first-order valence-corrected chi connectivity index (χ1v) is 8.60. The predicted octanol–water partition coefficient (Wildman–Crippen LogP) is 4.34. The van der Waals surface area contributed by atoms with Crippen LogP contribution in [0.4, 0.5) is 0 Å². The summed E-state index contributed by atoms with van der Waals surface area (Å²) in [5, 5.41) is 4.53. The molecule has 0 atom stereocenters. The van der Waals surface area contributed by atoms with Crippen LogP contribution in [0.5, 0.6) is 0 Å². The SMILES string of the molecule is CC(C)NCc1sc(-c2ncccc2Br)nc1C1CC1. The van der Waals surface area contributed by atoms with Crippen molar-refractivity contribution in [2.75, 3.05) is 0 Å². The van der Waals surface area contributed by atoms with Gasteiger partial charge in [0.15, 0.2) is 0 Å². The molecule has 2 aromatic heterocycles. The molecule has 0 aliphatic heterocycles. The van der Waals surface area contributed by atoms with Gasteiger partial charge in [0, 0.05) is 34.1 Å². The molecule has 0 amide bonds. The van der Waals surface area contributed by atoms with Crippen LogP contribution in [0.3, 0.4) is 0 Å². The van der Waals surface area contributed by atoms with E-state index in [1.807, 2.05) is 18.3 Å². The quantitative estimate of drug-likeness (QED) is 0.870. The van der Waals surface area contributed by atoms with E-state index >= 15 is 0 Å². The predicted molar refractivity (Wildman–Crippen MR) is 87.0 cm³/mol. The Hall–Kier alpha value is -0.780. The molecule has 2 aromatic rings. The van der Waals surface area contributed by atoms with Crippen molar-refractivity contribution in [1.82, 2.24) is 15.3 Å². The van der Waals surface area contributed by atoms with Crippen LogP contribution in [-0.2, 0) is 6.54 Å². The number of halogens is 1. The van der Waals surface area contributed by atoms with Gasteiger partial charge in [-0.2, -0.15) is 0 Å². The third-order valence-corrected chi connectivity index (χ3v) is 5.04. The number of nitrogens with zero attached hydrogens (tertiary/aromatic N) is 2. The first kappa shape index (κ1) is 14.2. The Morgan fingerprint density at radius 2 is 2.25 bits per heavy atom. The Labute approximate surface area is 132 Å². The second-order valence-corrected chi connectivity index (χ2v) is 7.41. The van der Waals surface area contributed by atoms with E-state index in [9.17, 15) is 0 Å². The van der Waals surface area contributed by atoms with Crippen LogP contribution in [0.15, 0.2) is 22.8 Å². The average molecular weight is 352 g/mol. The number of hydrogen-bond acceptors (Lipinski definition) is 4. The summed E-state index contributed by atoms with van der Waals surface area (Å²) in [7, 11) is 0. The summed E-state index contributed by atoms with van der Waals surface area (Å²) in [5.41, 5.74) is 2.24. The van der Waals surface area contributed by atoms with Gasteiger partial charge in [-0.3, -0.25) is 4.98 Å². The molecule has 1 aliphatic rings. The molecule has 0 unspecified atom stereocenters. The summed E-state index contributed by atoms with van der Waals surface area (Å²) in [5.74, 6) is 0.673. The summed E-state index contributed by atoms with van der Waals surface area (Å²) in [6, 6.07) is 4.45. The zero-order valence-electron chi connectivity index (χ0n) is 11.7. The normalized spacial score (nSPS) is 15.0. The van der Waals surface area contributed by atoms with Crippen molar-refractivity contribution in [3.8, 4) is 10.7 Å². The number of pyridine rings is 1. The molecule has 0 radical (unpaired) electrons. The number of aromatic nitrogens is 2. The first-order valence-electron chi connectivity index (χ1n) is 6.99. The van der Waals surface area contributed by atoms with Crippen molar-refractivity contribution in [3.05, 3.63) is 33.4 Å². The molecule has 3 nitrogen and oxygen atoms in total. The van der Waals surface area contributed by atoms with E-state index in [0.717, 1.165) is 21.7 Å². The maximum Gasteiger partial charge on any atom is 0.143 e. The molecule has 3 rings (SSSR count). The second kappa shape index (κ2) is 5.92. The van der Waals surface area contributed by atoms with Gasteiger partial charge in [0.25, 0.3) is 0 Å². The lowest BCUT2D eigenvalue weighted by molar-refractivity contribution is 0.590. The molecule has 106 valence electrons. The van der Waals surface area contributed by atoms with E-state index in [0.29, 0.717) is 12.0 Å². The minimum atomic E-state index is 0.495. The highest BCUT2D eigenvalue weighted by Crippen LogP contribution is 2.44. The summed E-state index contributed by atoms with van der Waals surface area (Å²) >= 11 is 5.34. The average Bonchev–Trinajstić information content (AvgIpc) is 3.18. The van der Waals surface area contributed by atoms with Crippen LogP contribution < -0.4 is 5.32 Å². The smallest absolute Gasteiger partial charge is 0.143 e. The Morgan fingerprint density at radius 3 is 2.90 bits per heavy atom. The minimum Gasteiger partial charge on any atom is -0.310 e. The van der Waals surface area contributed by atoms with Crippen LogP contribution in [0.2, 0.25) is 0 Å². The number of thiazole rings is 1. The Balaban J connectivity index is 1.93. The van der Waals surface area contributed by atoms with Crippen molar-refractivity contribution in [1.29, 1.82) is 0 Å². The fourth-order valence-electron chi connectivity index (χ4n) is 2.11. The molecule has 1 N–H and O–H groups in total. The molecule has 20 heavy (non-hydrogen) atoms. The van der Waals surface area contributed by atoms with Gasteiger partial charge in [-0.1, -0.05) is 13.8 Å². The van der Waals surface area contributed by atoms with Gasteiger partial charge < -0.3 is 5.32 Å². The monoisotopic (exact) mass is 351 g/mol. The number of rotatable bonds is 5. The van der Waals surface area contributed by atoms with Gasteiger partial charge in [0.1, 0.15) is 10.7 Å². The molecular formula is C15H18BrN3S. The minimum absolute atomic E-state index is 0.495. The van der Waals surface area contributed by atoms with Gasteiger partial charge in [0.2, 0.25) is 0 Å². The zero-order valence-corrected chi connectivity index (χ0v) is 14.1. The molecule has 1 fully saturated rings. The lowest BCUT2D eigenvalue weighted by Gasteiger charge is -2.07. The lowest BCUT2D eigenvalue weighted by atomic mass is 10.2. The van der Waals surface area contributed by atoms with Crippen molar-refractivity contribution in [2.45, 2.75) is 45.2 Å². The zero-order chi connectivity index (χ0) is 14.1. The highest BCUT2D eigenvalue weighted by Gasteiger charge is 2.30. The molecular weight excluding hydrogens is 334 g/mol. The molecule has 0 bridgehead atoms. The summed E-state index contributed by atoms with van der Waals surface area (Å²) in [6.45, 7) is 5.26. The summed E-state index contributed by atoms with van der Waals surface area (Å²) in [4.78, 5) is 10.7. The fourth-order valence-corrected chi connectivity index (χ4v) is 3.79. The van der Waals surface area contributed by atoms with Crippen molar-refractivity contribution >= 4 is 27.3 Å². The van der Waals surface area contributed by atoms with E-state index < -0.39 is 0 Å². The summed E-state index contributed by atoms with van der Waals surface area (Å²) in [6.07, 6.45) is 4.38. The van der Waals surface area contributed by atoms with E-state index in [-0.39, 0.29) is 0 Å². The van der Waals surface area contributed by atoms with Crippen molar-refractivity contribution < 1.29 is 0 Å². The second-order valence-electron chi connectivity index (χ2n) is 5.47. The van der Waals surface area contributed by atoms with E-state index in [1.54, 1.807) is 11.3 Å². The Bertz CT molecular complexity index is 605. The molecule has 1 aliphatic carbocycles. The van der Waals surface area contributed by atoms with Gasteiger partial charge in [-0.05, 0) is 40.9 Å². The molecule has 1 saturated carbocycles. The van der Waals surface area contributed by atoms with E-state index in [1.165, 1.54) is 23.4 Å². The highest BCUT2D eigenvalue weighted by atomic mass is 79.9. The number of nitrogens with one attached hydrogen (secondary N) is 1. The van der Waals surface area contributed by atoms with E-state index in [2.05, 4.69) is 40.1 Å². The van der Waals surface area contributed by atoms with E-state index in [4.69, 9.17) is 4.98 Å². The lowest BCUT2D eigenvalue weighted by Crippen LogP contribution is -2.21. The molecule has 5 heteroatoms. The topological polar surface area (TPSA) is 37.8 Å². The van der Waals surface area contributed by atoms with Crippen molar-refractivity contribution in [3.63, 3.8) is 0 Å². The third kappa shape index (κ3) is 3.10. The van der Waals surface area contributed by atoms with Crippen LogP contribution in [0, 0.1) is 0 Å². The maximum absolute atomic E-state index is 4.87. The molecule has 0 spiro atoms.